The molecule has 0 heterocycles. The van der Waals surface area contributed by atoms with Gasteiger partial charge >= 0.3 is 0 Å². The van der Waals surface area contributed by atoms with Crippen molar-refractivity contribution in [3.63, 3.8) is 0 Å². The van der Waals surface area contributed by atoms with Crippen molar-refractivity contribution in [1.82, 2.24) is 0 Å². The van der Waals surface area contributed by atoms with Gasteiger partial charge in [0.25, 0.3) is 0 Å². The molecule has 0 fully saturated rings. The molecule has 76 valence electrons. The fourth-order valence-corrected chi connectivity index (χ4v) is 1.44. The van der Waals surface area contributed by atoms with Crippen LogP contribution in [0.15, 0.2) is 18.2 Å². The molecule has 1 aromatic rings. The number of halogens is 1. The van der Waals surface area contributed by atoms with Gasteiger partial charge in [-0.05, 0) is 37.1 Å². The predicted molar refractivity (Wildman–Crippen MR) is 57.1 cm³/mol. The van der Waals surface area contributed by atoms with Crippen molar-refractivity contribution in [2.24, 2.45) is 0 Å². The lowest BCUT2D eigenvalue weighted by molar-refractivity contribution is 0.0991. The van der Waals surface area contributed by atoms with Crippen LogP contribution in [-0.2, 0) is 6.42 Å². The Morgan fingerprint density at radius 3 is 2.71 bits per heavy atom. The van der Waals surface area contributed by atoms with Crippen molar-refractivity contribution < 1.29 is 9.90 Å². The second-order valence-electron chi connectivity index (χ2n) is 3.18. The zero-order valence-corrected chi connectivity index (χ0v) is 9.01. The summed E-state index contributed by atoms with van der Waals surface area (Å²) >= 11 is 5.72. The van der Waals surface area contributed by atoms with E-state index in [2.05, 4.69) is 0 Å². The lowest BCUT2D eigenvalue weighted by Gasteiger charge is -2.08. The highest BCUT2D eigenvalue weighted by Gasteiger charge is 2.15. The Bertz CT molecular complexity index is 345. The molecule has 1 aromatic carbocycles. The minimum Gasteiger partial charge on any atom is -0.508 e. The summed E-state index contributed by atoms with van der Waals surface area (Å²) < 4.78 is 0. The minimum absolute atomic E-state index is 0.0940. The van der Waals surface area contributed by atoms with Gasteiger partial charge in [0.15, 0.2) is 5.78 Å². The summed E-state index contributed by atoms with van der Waals surface area (Å²) in [7, 11) is 0. The molecule has 0 aromatic heterocycles. The van der Waals surface area contributed by atoms with Gasteiger partial charge in [-0.2, -0.15) is 0 Å². The predicted octanol–water partition coefficient (Wildman–Crippen LogP) is 2.76. The highest BCUT2D eigenvalue weighted by molar-refractivity contribution is 6.33. The molecule has 0 aliphatic heterocycles. The Morgan fingerprint density at radius 2 is 2.21 bits per heavy atom. The number of aryl methyl sites for hydroxylation is 1. The van der Waals surface area contributed by atoms with Crippen LogP contribution in [0.25, 0.3) is 0 Å². The Labute approximate surface area is 88.5 Å². The molecule has 14 heavy (non-hydrogen) atoms. The van der Waals surface area contributed by atoms with Gasteiger partial charge < -0.3 is 5.11 Å². The monoisotopic (exact) mass is 212 g/mol. The fraction of sp³-hybridized carbons (Fsp3) is 0.364. The summed E-state index contributed by atoms with van der Waals surface area (Å²) in [5.74, 6) is 0.0872. The summed E-state index contributed by atoms with van der Waals surface area (Å²) in [4.78, 5) is 11.6. The van der Waals surface area contributed by atoms with E-state index in [-0.39, 0.29) is 11.5 Å². The van der Waals surface area contributed by atoms with Crippen LogP contribution in [0, 0.1) is 0 Å². The molecule has 1 N–H and O–H groups in total. The van der Waals surface area contributed by atoms with Gasteiger partial charge in [-0.1, -0.05) is 6.92 Å². The van der Waals surface area contributed by atoms with E-state index >= 15 is 0 Å². The molecule has 0 saturated heterocycles. The number of Topliss-reactive ketones (excluding diaryl/α,β-unsaturated/α-hetero) is 1. The molecule has 3 heteroatoms. The first-order valence-electron chi connectivity index (χ1n) is 4.56. The number of carbonyl (C=O) groups is 1. The van der Waals surface area contributed by atoms with Crippen LogP contribution < -0.4 is 0 Å². The van der Waals surface area contributed by atoms with Crippen molar-refractivity contribution >= 4 is 17.4 Å². The fourth-order valence-electron chi connectivity index (χ4n) is 1.33. The van der Waals surface area contributed by atoms with Gasteiger partial charge in [0.2, 0.25) is 0 Å². The molecule has 0 aliphatic rings. The average molecular weight is 213 g/mol. The van der Waals surface area contributed by atoms with E-state index in [1.807, 2.05) is 6.92 Å². The van der Waals surface area contributed by atoms with Crippen molar-refractivity contribution in [2.75, 3.05) is 0 Å². The molecule has 0 amide bonds. The number of rotatable bonds is 3. The maximum atomic E-state index is 11.6. The number of phenols is 1. The second kappa shape index (κ2) is 4.47. The first kappa shape index (κ1) is 11.1. The average Bonchev–Trinajstić information content (AvgIpc) is 2.16. The molecule has 1 atom stereocenters. The summed E-state index contributed by atoms with van der Waals surface area (Å²) in [5, 5.41) is 8.72. The molecular weight excluding hydrogens is 200 g/mol. The zero-order chi connectivity index (χ0) is 10.7. The molecular formula is C11H13ClO2. The minimum atomic E-state index is -0.523. The number of hydrogen-bond acceptors (Lipinski definition) is 2. The van der Waals surface area contributed by atoms with Crippen LogP contribution in [-0.4, -0.2) is 16.3 Å². The zero-order valence-electron chi connectivity index (χ0n) is 8.25. The van der Waals surface area contributed by atoms with Crippen LogP contribution >= 0.6 is 11.6 Å². The third-order valence-electron chi connectivity index (χ3n) is 2.10. The molecule has 0 radical (unpaired) electrons. The van der Waals surface area contributed by atoms with Crippen molar-refractivity contribution in [2.45, 2.75) is 25.6 Å². The van der Waals surface area contributed by atoms with E-state index in [9.17, 15) is 9.90 Å². The third-order valence-corrected chi connectivity index (χ3v) is 2.29. The topological polar surface area (TPSA) is 37.3 Å². The van der Waals surface area contributed by atoms with Gasteiger partial charge in [-0.25, -0.2) is 0 Å². The number of aromatic hydroxyl groups is 1. The SMILES string of the molecule is CCc1cc(O)ccc1C(=O)C(C)Cl. The smallest absolute Gasteiger partial charge is 0.180 e. The van der Waals surface area contributed by atoms with Gasteiger partial charge in [-0.15, -0.1) is 11.6 Å². The number of benzene rings is 1. The summed E-state index contributed by atoms with van der Waals surface area (Å²) in [6.07, 6.45) is 0.707. The Hall–Kier alpha value is -1.02. The summed E-state index contributed by atoms with van der Waals surface area (Å²) in [6, 6.07) is 4.73. The number of phenolic OH excluding ortho intramolecular Hbond substituents is 1. The van der Waals surface area contributed by atoms with E-state index in [1.54, 1.807) is 19.1 Å². The van der Waals surface area contributed by atoms with Gasteiger partial charge in [0.1, 0.15) is 5.75 Å². The van der Waals surface area contributed by atoms with Crippen LogP contribution in [0.1, 0.15) is 29.8 Å². The quantitative estimate of drug-likeness (QED) is 0.618. The number of ketones is 1. The van der Waals surface area contributed by atoms with Crippen LogP contribution in [0.2, 0.25) is 0 Å². The first-order chi connectivity index (χ1) is 6.56. The highest BCUT2D eigenvalue weighted by Crippen LogP contribution is 2.19. The lowest BCUT2D eigenvalue weighted by atomic mass is 10.00. The highest BCUT2D eigenvalue weighted by atomic mass is 35.5. The Morgan fingerprint density at radius 1 is 1.57 bits per heavy atom. The first-order valence-corrected chi connectivity index (χ1v) is 5.00. The van der Waals surface area contributed by atoms with E-state index in [4.69, 9.17) is 11.6 Å². The Balaban J connectivity index is 3.14. The van der Waals surface area contributed by atoms with Crippen molar-refractivity contribution in [3.05, 3.63) is 29.3 Å². The largest absolute Gasteiger partial charge is 0.508 e. The molecule has 1 unspecified atom stereocenters. The van der Waals surface area contributed by atoms with Gasteiger partial charge in [-0.3, -0.25) is 4.79 Å². The van der Waals surface area contributed by atoms with Crippen LogP contribution in [0.4, 0.5) is 0 Å². The van der Waals surface area contributed by atoms with E-state index < -0.39 is 5.38 Å². The molecule has 0 spiro atoms. The number of hydrogen-bond donors (Lipinski definition) is 1. The van der Waals surface area contributed by atoms with Crippen molar-refractivity contribution in [1.29, 1.82) is 0 Å². The second-order valence-corrected chi connectivity index (χ2v) is 3.83. The molecule has 2 nitrogen and oxygen atoms in total. The number of carbonyl (C=O) groups excluding carboxylic acids is 1. The summed E-state index contributed by atoms with van der Waals surface area (Å²) in [6.45, 7) is 3.58. The van der Waals surface area contributed by atoms with E-state index in [1.165, 1.54) is 6.07 Å². The van der Waals surface area contributed by atoms with Gasteiger partial charge in [0, 0.05) is 5.56 Å². The Kier molecular flexibility index (Phi) is 3.53. The third kappa shape index (κ3) is 2.26. The molecule has 0 saturated carbocycles. The molecule has 0 aliphatic carbocycles. The van der Waals surface area contributed by atoms with Crippen LogP contribution in [0.5, 0.6) is 5.75 Å². The normalized spacial score (nSPS) is 12.5. The van der Waals surface area contributed by atoms with Crippen LogP contribution in [0.3, 0.4) is 0 Å². The van der Waals surface area contributed by atoms with Crippen molar-refractivity contribution in [3.8, 4) is 5.75 Å². The number of alkyl halides is 1. The standard InChI is InChI=1S/C11H13ClO2/c1-3-8-6-9(13)4-5-10(8)11(14)7(2)12/h4-7,13H,3H2,1-2H3. The van der Waals surface area contributed by atoms with E-state index in [0.29, 0.717) is 12.0 Å². The maximum absolute atomic E-state index is 11.6. The maximum Gasteiger partial charge on any atom is 0.180 e. The van der Waals surface area contributed by atoms with E-state index in [0.717, 1.165) is 5.56 Å². The molecule has 1 rings (SSSR count). The van der Waals surface area contributed by atoms with Gasteiger partial charge in [0.05, 0.1) is 5.38 Å². The summed E-state index contributed by atoms with van der Waals surface area (Å²) in [5.41, 5.74) is 1.44. The lowest BCUT2D eigenvalue weighted by Crippen LogP contribution is -2.12. The molecule has 0 bridgehead atoms.